The van der Waals surface area contributed by atoms with Crippen LogP contribution in [0.3, 0.4) is 0 Å². The molecular weight excluding hydrogens is 152 g/mol. The average Bonchev–Trinajstić information content (AvgIpc) is 2.09. The second-order valence-electron chi connectivity index (χ2n) is 2.22. The van der Waals surface area contributed by atoms with E-state index >= 15 is 0 Å². The van der Waals surface area contributed by atoms with Gasteiger partial charge < -0.3 is 4.74 Å². The summed E-state index contributed by atoms with van der Waals surface area (Å²) in [6.45, 7) is 8.59. The molecule has 0 aromatic carbocycles. The summed E-state index contributed by atoms with van der Waals surface area (Å²) in [5.41, 5.74) is 2.54. The van der Waals surface area contributed by atoms with Crippen molar-refractivity contribution in [2.24, 2.45) is 5.84 Å². The lowest BCUT2D eigenvalue weighted by atomic mass is 10.4. The standard InChI is InChI=1S/C9H16N2O/c1-3-4-6-9(2)12-8-5-7-11-10/h3-4,6,11H,1-2,5,7-8,10H2/b6-4-. The van der Waals surface area contributed by atoms with Gasteiger partial charge in [0.25, 0.3) is 0 Å². The quantitative estimate of drug-likeness (QED) is 0.197. The number of allylic oxidation sites excluding steroid dienone is 3. The number of nitrogens with one attached hydrogen (secondary N) is 1. The Morgan fingerprint density at radius 1 is 1.58 bits per heavy atom. The van der Waals surface area contributed by atoms with Gasteiger partial charge in [0.15, 0.2) is 0 Å². The van der Waals surface area contributed by atoms with Gasteiger partial charge in [-0.05, 0) is 12.5 Å². The van der Waals surface area contributed by atoms with Crippen molar-refractivity contribution in [3.05, 3.63) is 37.1 Å². The summed E-state index contributed by atoms with van der Waals surface area (Å²) >= 11 is 0. The van der Waals surface area contributed by atoms with E-state index in [1.165, 1.54) is 0 Å². The Morgan fingerprint density at radius 3 is 2.92 bits per heavy atom. The van der Waals surface area contributed by atoms with Gasteiger partial charge in [-0.15, -0.1) is 0 Å². The molecule has 0 saturated carbocycles. The molecule has 3 nitrogen and oxygen atoms in total. The van der Waals surface area contributed by atoms with Gasteiger partial charge in [-0.3, -0.25) is 11.3 Å². The molecule has 0 fully saturated rings. The summed E-state index contributed by atoms with van der Waals surface area (Å²) in [7, 11) is 0. The SMILES string of the molecule is C=C/C=C\C(=C)OCCCNN. The monoisotopic (exact) mass is 168 g/mol. The summed E-state index contributed by atoms with van der Waals surface area (Å²) in [6.07, 6.45) is 6.10. The highest BCUT2D eigenvalue weighted by Gasteiger charge is 1.88. The first-order valence-electron chi connectivity index (χ1n) is 3.85. The third-order valence-electron chi connectivity index (χ3n) is 1.17. The minimum atomic E-state index is 0.629. The van der Waals surface area contributed by atoms with Crippen molar-refractivity contribution in [1.29, 1.82) is 0 Å². The largest absolute Gasteiger partial charge is 0.494 e. The van der Waals surface area contributed by atoms with Crippen molar-refractivity contribution >= 4 is 0 Å². The van der Waals surface area contributed by atoms with Gasteiger partial charge in [0.1, 0.15) is 5.76 Å². The Balaban J connectivity index is 3.31. The Morgan fingerprint density at radius 2 is 2.33 bits per heavy atom. The molecule has 0 bridgehead atoms. The van der Waals surface area contributed by atoms with E-state index in [-0.39, 0.29) is 0 Å². The summed E-state index contributed by atoms with van der Waals surface area (Å²) in [5.74, 6) is 5.72. The van der Waals surface area contributed by atoms with Crippen LogP contribution in [0.1, 0.15) is 6.42 Å². The van der Waals surface area contributed by atoms with Crippen LogP contribution in [0.4, 0.5) is 0 Å². The zero-order chi connectivity index (χ0) is 9.23. The molecule has 3 N–H and O–H groups in total. The van der Waals surface area contributed by atoms with E-state index in [1.54, 1.807) is 18.2 Å². The number of ether oxygens (including phenoxy) is 1. The first kappa shape index (κ1) is 10.9. The number of rotatable bonds is 7. The maximum absolute atomic E-state index is 5.22. The van der Waals surface area contributed by atoms with Crippen LogP contribution in [0, 0.1) is 0 Å². The van der Waals surface area contributed by atoms with Gasteiger partial charge in [-0.2, -0.15) is 0 Å². The predicted octanol–water partition coefficient (Wildman–Crippen LogP) is 1.11. The van der Waals surface area contributed by atoms with Crippen LogP contribution in [0.5, 0.6) is 0 Å². The molecule has 0 aromatic heterocycles. The zero-order valence-corrected chi connectivity index (χ0v) is 7.25. The molecule has 0 aliphatic rings. The number of hydrogen-bond donors (Lipinski definition) is 2. The van der Waals surface area contributed by atoms with Crippen LogP contribution in [0.2, 0.25) is 0 Å². The van der Waals surface area contributed by atoms with Crippen LogP contribution < -0.4 is 11.3 Å². The van der Waals surface area contributed by atoms with Gasteiger partial charge in [0.2, 0.25) is 0 Å². The predicted molar refractivity (Wildman–Crippen MR) is 51.2 cm³/mol. The van der Waals surface area contributed by atoms with Crippen molar-refractivity contribution < 1.29 is 4.74 Å². The molecule has 0 radical (unpaired) electrons. The zero-order valence-electron chi connectivity index (χ0n) is 7.25. The maximum atomic E-state index is 5.22. The van der Waals surface area contributed by atoms with Gasteiger partial charge in [0, 0.05) is 6.54 Å². The fraction of sp³-hybridized carbons (Fsp3) is 0.333. The number of hydrogen-bond acceptors (Lipinski definition) is 3. The molecule has 0 rings (SSSR count). The molecule has 12 heavy (non-hydrogen) atoms. The summed E-state index contributed by atoms with van der Waals surface area (Å²) in [4.78, 5) is 0. The summed E-state index contributed by atoms with van der Waals surface area (Å²) in [6, 6.07) is 0. The Kier molecular flexibility index (Phi) is 7.33. The molecule has 0 atom stereocenters. The van der Waals surface area contributed by atoms with E-state index in [1.807, 2.05) is 0 Å². The molecule has 0 saturated heterocycles. The number of nitrogens with two attached hydrogens (primary N) is 1. The lowest BCUT2D eigenvalue weighted by Crippen LogP contribution is -2.23. The highest BCUT2D eigenvalue weighted by molar-refractivity contribution is 5.12. The van der Waals surface area contributed by atoms with Gasteiger partial charge in [-0.25, -0.2) is 0 Å². The number of hydrazine groups is 1. The Labute approximate surface area is 73.6 Å². The Bertz CT molecular complexity index is 164. The molecular formula is C9H16N2O. The lowest BCUT2D eigenvalue weighted by Gasteiger charge is -2.04. The van der Waals surface area contributed by atoms with E-state index < -0.39 is 0 Å². The van der Waals surface area contributed by atoms with E-state index in [0.29, 0.717) is 12.4 Å². The third-order valence-corrected chi connectivity index (χ3v) is 1.17. The highest BCUT2D eigenvalue weighted by atomic mass is 16.5. The molecule has 0 heterocycles. The second kappa shape index (κ2) is 8.04. The van der Waals surface area contributed by atoms with E-state index in [9.17, 15) is 0 Å². The summed E-state index contributed by atoms with van der Waals surface area (Å²) < 4.78 is 5.22. The Hall–Kier alpha value is -1.06. The summed E-state index contributed by atoms with van der Waals surface area (Å²) in [5, 5.41) is 0. The molecule has 68 valence electrons. The molecule has 0 aromatic rings. The topological polar surface area (TPSA) is 47.3 Å². The molecule has 3 heteroatoms. The van der Waals surface area contributed by atoms with Crippen LogP contribution in [0.25, 0.3) is 0 Å². The lowest BCUT2D eigenvalue weighted by molar-refractivity contribution is 0.221. The van der Waals surface area contributed by atoms with Crippen molar-refractivity contribution in [2.75, 3.05) is 13.2 Å². The average molecular weight is 168 g/mol. The fourth-order valence-corrected chi connectivity index (χ4v) is 0.601. The second-order valence-corrected chi connectivity index (χ2v) is 2.22. The van der Waals surface area contributed by atoms with Gasteiger partial charge >= 0.3 is 0 Å². The van der Waals surface area contributed by atoms with Crippen LogP contribution >= 0.6 is 0 Å². The highest BCUT2D eigenvalue weighted by Crippen LogP contribution is 1.96. The van der Waals surface area contributed by atoms with E-state index in [2.05, 4.69) is 18.6 Å². The maximum Gasteiger partial charge on any atom is 0.112 e. The minimum absolute atomic E-state index is 0.629. The molecule has 0 unspecified atom stereocenters. The first-order chi connectivity index (χ1) is 5.81. The van der Waals surface area contributed by atoms with Crippen LogP contribution in [-0.4, -0.2) is 13.2 Å². The van der Waals surface area contributed by atoms with Gasteiger partial charge in [0.05, 0.1) is 6.61 Å². The smallest absolute Gasteiger partial charge is 0.112 e. The fourth-order valence-electron chi connectivity index (χ4n) is 0.601. The molecule has 0 spiro atoms. The van der Waals surface area contributed by atoms with Crippen molar-refractivity contribution in [1.82, 2.24) is 5.43 Å². The normalized spacial score (nSPS) is 10.1. The minimum Gasteiger partial charge on any atom is -0.494 e. The van der Waals surface area contributed by atoms with Crippen molar-refractivity contribution in [3.8, 4) is 0 Å². The van der Waals surface area contributed by atoms with Crippen molar-refractivity contribution in [3.63, 3.8) is 0 Å². The van der Waals surface area contributed by atoms with E-state index in [4.69, 9.17) is 10.6 Å². The van der Waals surface area contributed by atoms with Crippen molar-refractivity contribution in [2.45, 2.75) is 6.42 Å². The third kappa shape index (κ3) is 7.05. The van der Waals surface area contributed by atoms with Crippen LogP contribution in [-0.2, 0) is 4.74 Å². The molecule has 0 amide bonds. The first-order valence-corrected chi connectivity index (χ1v) is 3.85. The molecule has 0 aliphatic heterocycles. The van der Waals surface area contributed by atoms with E-state index in [0.717, 1.165) is 13.0 Å². The van der Waals surface area contributed by atoms with Gasteiger partial charge in [-0.1, -0.05) is 25.3 Å². The molecule has 0 aliphatic carbocycles. The van der Waals surface area contributed by atoms with Crippen LogP contribution in [0.15, 0.2) is 37.1 Å².